The maximum Gasteiger partial charge on any atom is 0.140 e. The average Bonchev–Trinajstić information content (AvgIpc) is 2.77. The molecule has 1 aliphatic carbocycles. The fraction of sp³-hybridized carbons (Fsp3) is 0.333. The summed E-state index contributed by atoms with van der Waals surface area (Å²) >= 11 is 3.07. The third kappa shape index (κ3) is 1.48. The van der Waals surface area contributed by atoms with Gasteiger partial charge >= 0.3 is 0 Å². The number of benzene rings is 1. The van der Waals surface area contributed by atoms with Crippen LogP contribution in [0.4, 0.5) is 8.78 Å². The SMILES string of the molecule is NC1(c2cc(F)cc(F)c2Br)CC1. The maximum absolute atomic E-state index is 13.1. The Kier molecular flexibility index (Phi) is 1.92. The lowest BCUT2D eigenvalue weighted by molar-refractivity contribution is 0.566. The van der Waals surface area contributed by atoms with Gasteiger partial charge < -0.3 is 5.73 Å². The molecule has 2 rings (SSSR count). The molecule has 1 aromatic rings. The van der Waals surface area contributed by atoms with Gasteiger partial charge in [0.1, 0.15) is 11.6 Å². The molecule has 0 radical (unpaired) electrons. The van der Waals surface area contributed by atoms with E-state index in [2.05, 4.69) is 15.9 Å². The van der Waals surface area contributed by atoms with E-state index >= 15 is 0 Å². The van der Waals surface area contributed by atoms with Crippen LogP contribution in [0.2, 0.25) is 0 Å². The predicted molar refractivity (Wildman–Crippen MR) is 49.2 cm³/mol. The molecular weight excluding hydrogens is 240 g/mol. The monoisotopic (exact) mass is 247 g/mol. The minimum Gasteiger partial charge on any atom is -0.321 e. The van der Waals surface area contributed by atoms with Gasteiger partial charge in [0.05, 0.1) is 4.47 Å². The minimum atomic E-state index is -0.591. The van der Waals surface area contributed by atoms with Gasteiger partial charge in [0, 0.05) is 11.6 Å². The van der Waals surface area contributed by atoms with Gasteiger partial charge in [-0.1, -0.05) is 0 Å². The van der Waals surface area contributed by atoms with Crippen molar-refractivity contribution in [2.45, 2.75) is 18.4 Å². The third-order valence-electron chi connectivity index (χ3n) is 2.32. The molecule has 0 spiro atoms. The highest BCUT2D eigenvalue weighted by Gasteiger charge is 2.42. The van der Waals surface area contributed by atoms with Crippen molar-refractivity contribution in [3.63, 3.8) is 0 Å². The van der Waals surface area contributed by atoms with Gasteiger partial charge in [-0.2, -0.15) is 0 Å². The van der Waals surface area contributed by atoms with Crippen molar-refractivity contribution in [2.24, 2.45) is 5.73 Å². The molecule has 0 aliphatic heterocycles. The summed E-state index contributed by atoms with van der Waals surface area (Å²) in [5.41, 5.74) is 5.86. The second kappa shape index (κ2) is 2.75. The summed E-state index contributed by atoms with van der Waals surface area (Å²) in [7, 11) is 0. The van der Waals surface area contributed by atoms with E-state index < -0.39 is 17.2 Å². The van der Waals surface area contributed by atoms with Crippen LogP contribution in [-0.2, 0) is 5.54 Å². The first-order valence-corrected chi connectivity index (χ1v) is 4.76. The number of nitrogens with two attached hydrogens (primary N) is 1. The fourth-order valence-corrected chi connectivity index (χ4v) is 1.95. The number of hydrogen-bond donors (Lipinski definition) is 1. The number of hydrogen-bond acceptors (Lipinski definition) is 1. The van der Waals surface area contributed by atoms with Gasteiger partial charge in [-0.15, -0.1) is 0 Å². The summed E-state index contributed by atoms with van der Waals surface area (Å²) in [4.78, 5) is 0. The molecule has 2 N–H and O–H groups in total. The van der Waals surface area contributed by atoms with E-state index in [-0.39, 0.29) is 4.47 Å². The van der Waals surface area contributed by atoms with E-state index in [1.54, 1.807) is 0 Å². The molecule has 1 fully saturated rings. The van der Waals surface area contributed by atoms with Crippen molar-refractivity contribution in [2.75, 3.05) is 0 Å². The molecule has 0 amide bonds. The van der Waals surface area contributed by atoms with E-state index in [1.807, 2.05) is 0 Å². The Morgan fingerprint density at radius 1 is 1.31 bits per heavy atom. The summed E-state index contributed by atoms with van der Waals surface area (Å²) < 4.78 is 26.2. The molecule has 0 atom stereocenters. The maximum atomic E-state index is 13.1. The first-order chi connectivity index (χ1) is 6.03. The molecule has 0 aromatic heterocycles. The van der Waals surface area contributed by atoms with Crippen LogP contribution < -0.4 is 5.73 Å². The Hall–Kier alpha value is -0.480. The Morgan fingerprint density at radius 2 is 1.92 bits per heavy atom. The van der Waals surface area contributed by atoms with E-state index in [0.717, 1.165) is 18.9 Å². The summed E-state index contributed by atoms with van der Waals surface area (Å²) in [6.07, 6.45) is 1.57. The lowest BCUT2D eigenvalue weighted by Crippen LogP contribution is -2.20. The van der Waals surface area contributed by atoms with E-state index in [4.69, 9.17) is 5.73 Å². The first kappa shape index (κ1) is 9.09. The lowest BCUT2D eigenvalue weighted by Gasteiger charge is -2.11. The van der Waals surface area contributed by atoms with Gasteiger partial charge in [0.25, 0.3) is 0 Å². The molecule has 0 bridgehead atoms. The predicted octanol–water partition coefficient (Wildman–Crippen LogP) is 2.68. The van der Waals surface area contributed by atoms with Crippen LogP contribution in [0.1, 0.15) is 18.4 Å². The molecule has 70 valence electrons. The van der Waals surface area contributed by atoms with E-state index in [0.29, 0.717) is 5.56 Å². The molecule has 0 heterocycles. The molecule has 1 aliphatic rings. The van der Waals surface area contributed by atoms with Crippen LogP contribution in [0.3, 0.4) is 0 Å². The quantitative estimate of drug-likeness (QED) is 0.759. The highest BCUT2D eigenvalue weighted by Crippen LogP contribution is 2.46. The Morgan fingerprint density at radius 3 is 2.46 bits per heavy atom. The summed E-state index contributed by atoms with van der Waals surface area (Å²) in [5, 5.41) is 0. The topological polar surface area (TPSA) is 26.0 Å². The van der Waals surface area contributed by atoms with Gasteiger partial charge in [0.15, 0.2) is 0 Å². The van der Waals surface area contributed by atoms with Crippen LogP contribution in [0.15, 0.2) is 16.6 Å². The third-order valence-corrected chi connectivity index (χ3v) is 3.12. The van der Waals surface area contributed by atoms with Crippen molar-refractivity contribution in [1.29, 1.82) is 0 Å². The van der Waals surface area contributed by atoms with Gasteiger partial charge in [0.2, 0.25) is 0 Å². The first-order valence-electron chi connectivity index (χ1n) is 3.97. The van der Waals surface area contributed by atoms with Gasteiger partial charge in [-0.3, -0.25) is 0 Å². The largest absolute Gasteiger partial charge is 0.321 e. The van der Waals surface area contributed by atoms with Gasteiger partial charge in [-0.05, 0) is 40.4 Å². The van der Waals surface area contributed by atoms with Crippen LogP contribution >= 0.6 is 15.9 Å². The number of halogens is 3. The summed E-state index contributed by atoms with van der Waals surface area (Å²) in [6, 6.07) is 2.14. The zero-order valence-corrected chi connectivity index (χ0v) is 8.37. The summed E-state index contributed by atoms with van der Waals surface area (Å²) in [5.74, 6) is -1.17. The van der Waals surface area contributed by atoms with Crippen molar-refractivity contribution >= 4 is 15.9 Å². The molecular formula is C9H8BrF2N. The van der Waals surface area contributed by atoms with E-state index in [9.17, 15) is 8.78 Å². The van der Waals surface area contributed by atoms with Crippen molar-refractivity contribution in [3.8, 4) is 0 Å². The molecule has 0 saturated heterocycles. The number of rotatable bonds is 1. The van der Waals surface area contributed by atoms with Crippen molar-refractivity contribution < 1.29 is 8.78 Å². The summed E-state index contributed by atoms with van der Waals surface area (Å²) in [6.45, 7) is 0. The lowest BCUT2D eigenvalue weighted by atomic mass is 10.1. The Balaban J connectivity index is 2.56. The zero-order valence-electron chi connectivity index (χ0n) is 6.78. The second-order valence-electron chi connectivity index (χ2n) is 3.41. The second-order valence-corrected chi connectivity index (χ2v) is 4.20. The Bertz CT molecular complexity index is 361. The van der Waals surface area contributed by atoms with Crippen LogP contribution in [0, 0.1) is 11.6 Å². The van der Waals surface area contributed by atoms with Crippen molar-refractivity contribution in [3.05, 3.63) is 33.8 Å². The molecule has 0 unspecified atom stereocenters. The fourth-order valence-electron chi connectivity index (χ4n) is 1.32. The molecule has 4 heteroatoms. The molecule has 1 aromatic carbocycles. The smallest absolute Gasteiger partial charge is 0.140 e. The highest BCUT2D eigenvalue weighted by molar-refractivity contribution is 9.10. The van der Waals surface area contributed by atoms with Crippen LogP contribution in [0.5, 0.6) is 0 Å². The molecule has 1 saturated carbocycles. The molecule has 13 heavy (non-hydrogen) atoms. The minimum absolute atomic E-state index is 0.286. The standard InChI is InChI=1S/C9H8BrF2N/c10-8-6(9(13)1-2-9)3-5(11)4-7(8)12/h3-4H,1-2,13H2. The Labute approximate surface area is 83.1 Å². The van der Waals surface area contributed by atoms with Crippen LogP contribution in [0.25, 0.3) is 0 Å². The zero-order chi connectivity index (χ0) is 9.64. The van der Waals surface area contributed by atoms with Gasteiger partial charge in [-0.25, -0.2) is 8.78 Å². The average molecular weight is 248 g/mol. The highest BCUT2D eigenvalue weighted by atomic mass is 79.9. The normalized spacial score (nSPS) is 18.8. The van der Waals surface area contributed by atoms with E-state index in [1.165, 1.54) is 6.07 Å². The molecule has 1 nitrogen and oxygen atoms in total. The van der Waals surface area contributed by atoms with Crippen molar-refractivity contribution in [1.82, 2.24) is 0 Å². The van der Waals surface area contributed by atoms with Crippen LogP contribution in [-0.4, -0.2) is 0 Å².